The molecule has 0 fully saturated rings. The van der Waals surface area contributed by atoms with Crippen LogP contribution < -0.4 is 108 Å². The second-order valence-corrected chi connectivity index (χ2v) is 15.4. The summed E-state index contributed by atoms with van der Waals surface area (Å²) < 4.78 is 114. The first kappa shape index (κ1) is 48.3. The summed E-state index contributed by atoms with van der Waals surface area (Å²) in [4.78, 5) is -3.75. The van der Waals surface area contributed by atoms with Crippen molar-refractivity contribution in [2.75, 3.05) is 14.2 Å². The quantitative estimate of drug-likeness (QED) is 0.0794. The molecule has 0 aliphatic carbocycles. The zero-order valence-corrected chi connectivity index (χ0v) is 39.0. The van der Waals surface area contributed by atoms with Gasteiger partial charge in [-0.1, -0.05) is 60.0 Å². The summed E-state index contributed by atoms with van der Waals surface area (Å²) in [5, 5.41) is 41.9. The first-order chi connectivity index (χ1) is 25.4. The van der Waals surface area contributed by atoms with Crippen molar-refractivity contribution in [1.29, 1.82) is 0 Å². The van der Waals surface area contributed by atoms with Gasteiger partial charge in [0.2, 0.25) is 0 Å². The Kier molecular flexibility index (Phi) is 16.0. The van der Waals surface area contributed by atoms with Crippen LogP contribution in [0.2, 0.25) is 0 Å². The topological polar surface area (TPSA) is 280 Å². The molecule has 0 aromatic heterocycles. The van der Waals surface area contributed by atoms with Gasteiger partial charge in [-0.2, -0.15) is 21.9 Å². The molecule has 0 saturated carbocycles. The van der Waals surface area contributed by atoms with Crippen LogP contribution in [0, 0.1) is 0 Å². The van der Waals surface area contributed by atoms with Crippen LogP contribution in [0.15, 0.2) is 126 Å². The van der Waals surface area contributed by atoms with Gasteiger partial charge in [0, 0.05) is 5.39 Å². The maximum Gasteiger partial charge on any atom is 1.00 e. The van der Waals surface area contributed by atoms with E-state index in [-0.39, 0.29) is 118 Å². The van der Waals surface area contributed by atoms with Crippen molar-refractivity contribution in [2.24, 2.45) is 20.5 Å². The van der Waals surface area contributed by atoms with Gasteiger partial charge in [-0.05, 0) is 69.8 Å². The normalized spacial score (nSPS) is 11.9. The zero-order chi connectivity index (χ0) is 39.2. The molecule has 17 nitrogen and oxygen atoms in total. The summed E-state index contributed by atoms with van der Waals surface area (Å²) in [7, 11) is -13.4. The summed E-state index contributed by atoms with van der Waals surface area (Å²) in [5.74, 6) is -1.47. The largest absolute Gasteiger partial charge is 1.00 e. The third-order valence-electron chi connectivity index (χ3n) is 7.98. The van der Waals surface area contributed by atoms with Crippen LogP contribution in [0.5, 0.6) is 23.0 Å². The van der Waals surface area contributed by atoms with Crippen LogP contribution in [0.3, 0.4) is 0 Å². The van der Waals surface area contributed by atoms with Crippen molar-refractivity contribution in [3.05, 3.63) is 91.0 Å². The number of hydrogen-bond donors (Lipinski definition) is 2. The number of azo groups is 2. The fraction of sp³-hybridized carbons (Fsp3) is 0.0588. The monoisotopic (exact) mass is 860 g/mol. The van der Waals surface area contributed by atoms with E-state index in [0.29, 0.717) is 40.1 Å². The van der Waals surface area contributed by atoms with Crippen molar-refractivity contribution in [1.82, 2.24) is 0 Å². The van der Waals surface area contributed by atoms with Crippen molar-refractivity contribution >= 4 is 74.6 Å². The first-order valence-electron chi connectivity index (χ1n) is 15.0. The van der Waals surface area contributed by atoms with Crippen molar-refractivity contribution in [2.45, 2.75) is 14.7 Å². The van der Waals surface area contributed by atoms with E-state index in [1.165, 1.54) is 32.4 Å². The molecule has 278 valence electrons. The van der Waals surface area contributed by atoms with E-state index in [2.05, 4.69) is 20.5 Å². The number of benzene rings is 6. The van der Waals surface area contributed by atoms with Gasteiger partial charge in [-0.25, -0.2) is 8.42 Å². The summed E-state index contributed by atoms with van der Waals surface area (Å²) in [6.45, 7) is 0. The van der Waals surface area contributed by atoms with E-state index in [9.17, 15) is 49.1 Å². The molecule has 0 bridgehead atoms. The Morgan fingerprint density at radius 1 is 0.579 bits per heavy atom. The van der Waals surface area contributed by atoms with Gasteiger partial charge in [0.15, 0.2) is 0 Å². The Bertz CT molecular complexity index is 2930. The third kappa shape index (κ3) is 10.4. The first-order valence-corrected chi connectivity index (χ1v) is 19.3. The van der Waals surface area contributed by atoms with E-state index >= 15 is 0 Å². The molecule has 6 aromatic carbocycles. The maximum absolute atomic E-state index is 13.5. The van der Waals surface area contributed by atoms with Crippen LogP contribution in [0.25, 0.3) is 32.7 Å². The second-order valence-electron chi connectivity index (χ2n) is 11.3. The Morgan fingerprint density at radius 3 is 1.61 bits per heavy atom. The number of hydrogen-bond acceptors (Lipinski definition) is 15. The average Bonchev–Trinajstić information content (AvgIpc) is 3.12. The summed E-state index contributed by atoms with van der Waals surface area (Å²) in [6.07, 6.45) is 0. The Hall–Kier alpha value is -3.03. The smallest absolute Gasteiger partial charge is 0.871 e. The van der Waals surface area contributed by atoms with Crippen LogP contribution in [0.4, 0.5) is 22.7 Å². The number of methoxy groups -OCH3 is 2. The Labute approximate surface area is 392 Å². The predicted octanol–water partition coefficient (Wildman–Crippen LogP) is -2.94. The number of ether oxygens (including phenoxy) is 2. The number of rotatable bonds is 10. The summed E-state index contributed by atoms with van der Waals surface area (Å²) >= 11 is 0. The van der Waals surface area contributed by atoms with Gasteiger partial charge in [0.1, 0.15) is 42.8 Å². The van der Waals surface area contributed by atoms with Gasteiger partial charge >= 0.3 is 88.7 Å². The van der Waals surface area contributed by atoms with E-state index in [1.54, 1.807) is 42.5 Å². The van der Waals surface area contributed by atoms with E-state index in [0.717, 1.165) is 5.39 Å². The Balaban J connectivity index is 0.00000290. The molecule has 23 heteroatoms. The fourth-order valence-corrected chi connectivity index (χ4v) is 7.48. The Morgan fingerprint density at radius 2 is 1.11 bits per heavy atom. The minimum absolute atomic E-state index is 0. The maximum atomic E-state index is 13.5. The third-order valence-corrected chi connectivity index (χ3v) is 10.5. The number of fused-ring (bicyclic) bond motifs is 2. The molecule has 0 saturated heterocycles. The minimum Gasteiger partial charge on any atom is -0.871 e. The molecule has 0 spiro atoms. The molecule has 6 aromatic rings. The predicted molar refractivity (Wildman–Crippen MR) is 188 cm³/mol. The molecule has 2 N–H and O–H groups in total. The van der Waals surface area contributed by atoms with E-state index in [1.807, 2.05) is 12.1 Å². The SMILES string of the molecule is COc1cc(-c2ccc(N=Nc3c([O-])ccc4ccccc34)c(OC)c2)ccc1N=Nc1c(S(=O)(=O)O)cc2cc(S(=O)(=O)[O-])cc(S(=O)(=O)O)c2c1[O-].[Na+].[Na+].[Na+]. The zero-order valence-electron chi connectivity index (χ0n) is 30.6. The van der Waals surface area contributed by atoms with E-state index < -0.39 is 67.3 Å². The van der Waals surface area contributed by atoms with Crippen LogP contribution in [-0.2, 0) is 30.4 Å². The molecule has 0 radical (unpaired) electrons. The molecule has 6 rings (SSSR count). The van der Waals surface area contributed by atoms with Crippen LogP contribution in [-0.4, -0.2) is 53.1 Å². The van der Waals surface area contributed by atoms with Gasteiger partial charge in [-0.15, -0.1) is 15.3 Å². The fourth-order valence-electron chi connectivity index (χ4n) is 5.47. The standard InChI is InChI=1S/C34H26N4O13S3.3Na/c1-50-27-14-19(7-10-24(27)35-37-32-23-6-4-3-5-18(23)9-12-26(32)39)20-8-11-25(28(15-20)51-2)36-38-33-30(54(47,48)49)16-21-13-22(52(41,42)43)17-29(53(44,45)46)31(21)34(33)40;;;/h3-17,39-40H,1-2H3,(H,41,42,43)(H,44,45,46)(H,47,48,49);;;/q;3*+1/p-3. The van der Waals surface area contributed by atoms with Gasteiger partial charge in [0.25, 0.3) is 20.2 Å². The summed E-state index contributed by atoms with van der Waals surface area (Å²) in [5.41, 5.74) is 0.413. The summed E-state index contributed by atoms with van der Waals surface area (Å²) in [6, 6.07) is 20.9. The van der Waals surface area contributed by atoms with Crippen LogP contribution >= 0.6 is 0 Å². The minimum atomic E-state index is -5.38. The molecular weight excluding hydrogens is 838 g/mol. The van der Waals surface area contributed by atoms with Gasteiger partial charge in [0.05, 0.1) is 30.5 Å². The molecule has 0 atom stereocenters. The molecule has 0 amide bonds. The van der Waals surface area contributed by atoms with E-state index in [4.69, 9.17) is 9.47 Å². The molecule has 0 aliphatic rings. The van der Waals surface area contributed by atoms with Crippen molar-refractivity contribution in [3.8, 4) is 34.1 Å². The second kappa shape index (κ2) is 18.9. The molecule has 0 heterocycles. The molecule has 0 aliphatic heterocycles. The van der Waals surface area contributed by atoms with Gasteiger partial charge < -0.3 is 24.2 Å². The molecule has 57 heavy (non-hydrogen) atoms. The molecule has 0 unspecified atom stereocenters. The van der Waals surface area contributed by atoms with Crippen molar-refractivity contribution in [3.63, 3.8) is 0 Å². The van der Waals surface area contributed by atoms with Crippen LogP contribution in [0.1, 0.15) is 0 Å². The average molecular weight is 861 g/mol. The molecular formula is C34H23N4Na3O13S3. The number of nitrogens with zero attached hydrogens (tertiary/aromatic N) is 4. The van der Waals surface area contributed by atoms with Crippen molar-refractivity contribution < 1.29 is 147 Å². The van der Waals surface area contributed by atoms with Gasteiger partial charge in [-0.3, -0.25) is 9.11 Å².